The van der Waals surface area contributed by atoms with Crippen molar-refractivity contribution in [1.82, 2.24) is 9.03 Å². The zero-order chi connectivity index (χ0) is 8.48. The van der Waals surface area contributed by atoms with Gasteiger partial charge in [-0.25, -0.2) is 9.03 Å². The Bertz CT molecular complexity index is 294. The first-order valence-corrected chi connectivity index (χ1v) is 4.27. The Kier molecular flexibility index (Phi) is 1.92. The molecular formula is C4H7N3O3S. The molecule has 11 heavy (non-hydrogen) atoms. The summed E-state index contributed by atoms with van der Waals surface area (Å²) in [5.74, 6) is -0.612. The highest BCUT2D eigenvalue weighted by atomic mass is 32.2. The van der Waals surface area contributed by atoms with Gasteiger partial charge in [-0.3, -0.25) is 9.79 Å². The van der Waals surface area contributed by atoms with Crippen LogP contribution in [0.2, 0.25) is 0 Å². The highest BCUT2D eigenvalue weighted by Gasteiger charge is 2.27. The predicted octanol–water partition coefficient (Wildman–Crippen LogP) is -1.68. The number of rotatable bonds is 2. The maximum Gasteiger partial charge on any atom is 0.305 e. The fourth-order valence-electron chi connectivity index (χ4n) is 0.632. The van der Waals surface area contributed by atoms with E-state index in [1.165, 1.54) is 7.05 Å². The first-order chi connectivity index (χ1) is 5.08. The third kappa shape index (κ3) is 1.38. The van der Waals surface area contributed by atoms with Crippen molar-refractivity contribution in [3.05, 3.63) is 0 Å². The quantitative estimate of drug-likeness (QED) is 0.547. The standard InChI is InChI=1S/C4H7N3O3S/c1-5-11(9,10)7-3-6-2-4(7)8/h2,5H,3H2,1H3. The Morgan fingerprint density at radius 2 is 2.36 bits per heavy atom. The minimum atomic E-state index is -3.64. The Morgan fingerprint density at radius 3 is 2.73 bits per heavy atom. The van der Waals surface area contributed by atoms with Crippen LogP contribution in [0, 0.1) is 0 Å². The van der Waals surface area contributed by atoms with E-state index < -0.39 is 16.1 Å². The van der Waals surface area contributed by atoms with Gasteiger partial charge in [-0.15, -0.1) is 0 Å². The predicted molar refractivity (Wildman–Crippen MR) is 38.2 cm³/mol. The summed E-state index contributed by atoms with van der Waals surface area (Å²) in [6, 6.07) is 0. The van der Waals surface area contributed by atoms with Gasteiger partial charge in [-0.05, 0) is 0 Å². The van der Waals surface area contributed by atoms with Crippen LogP contribution < -0.4 is 4.72 Å². The van der Waals surface area contributed by atoms with Crippen molar-refractivity contribution in [3.8, 4) is 0 Å². The smallest absolute Gasteiger partial charge is 0.267 e. The molecule has 1 aliphatic heterocycles. The van der Waals surface area contributed by atoms with Crippen molar-refractivity contribution >= 4 is 22.3 Å². The van der Waals surface area contributed by atoms with E-state index in [1.54, 1.807) is 0 Å². The van der Waals surface area contributed by atoms with E-state index in [9.17, 15) is 13.2 Å². The van der Waals surface area contributed by atoms with Crippen LogP contribution in [0.1, 0.15) is 0 Å². The zero-order valence-corrected chi connectivity index (χ0v) is 6.63. The number of hydrogen-bond acceptors (Lipinski definition) is 4. The van der Waals surface area contributed by atoms with E-state index >= 15 is 0 Å². The zero-order valence-electron chi connectivity index (χ0n) is 5.81. The molecule has 0 unspecified atom stereocenters. The molecule has 1 rings (SSSR count). The van der Waals surface area contributed by atoms with E-state index in [2.05, 4.69) is 4.99 Å². The van der Waals surface area contributed by atoms with Crippen LogP contribution in [0.15, 0.2) is 4.99 Å². The van der Waals surface area contributed by atoms with Gasteiger partial charge in [0.15, 0.2) is 0 Å². The average molecular weight is 177 g/mol. The third-order valence-corrected chi connectivity index (χ3v) is 2.60. The first-order valence-electron chi connectivity index (χ1n) is 2.83. The molecule has 1 aliphatic rings. The Balaban J connectivity index is 2.87. The molecule has 1 amide bonds. The lowest BCUT2D eigenvalue weighted by molar-refractivity contribution is -0.118. The van der Waals surface area contributed by atoms with Crippen molar-refractivity contribution in [1.29, 1.82) is 0 Å². The molecule has 0 aromatic heterocycles. The van der Waals surface area contributed by atoms with Gasteiger partial charge in [0.25, 0.3) is 5.91 Å². The third-order valence-electron chi connectivity index (χ3n) is 1.21. The normalized spacial score (nSPS) is 17.9. The molecule has 0 atom stereocenters. The van der Waals surface area contributed by atoms with Gasteiger partial charge in [0.05, 0.1) is 6.21 Å². The number of nitrogens with zero attached hydrogens (tertiary/aromatic N) is 2. The number of amides is 1. The topological polar surface area (TPSA) is 78.8 Å². The van der Waals surface area contributed by atoms with Gasteiger partial charge in [-0.2, -0.15) is 8.42 Å². The lowest BCUT2D eigenvalue weighted by Crippen LogP contribution is -2.40. The summed E-state index contributed by atoms with van der Waals surface area (Å²) >= 11 is 0. The maximum atomic E-state index is 10.9. The molecule has 0 fully saturated rings. The number of aliphatic imine (C=N–C) groups is 1. The van der Waals surface area contributed by atoms with Gasteiger partial charge >= 0.3 is 10.2 Å². The van der Waals surface area contributed by atoms with Crippen LogP contribution in [0.4, 0.5) is 0 Å². The minimum absolute atomic E-state index is 0.123. The molecule has 62 valence electrons. The second kappa shape index (κ2) is 2.59. The fourth-order valence-corrected chi connectivity index (χ4v) is 1.35. The largest absolute Gasteiger partial charge is 0.305 e. The number of hydrogen-bond donors (Lipinski definition) is 1. The SMILES string of the molecule is CNS(=O)(=O)N1CN=CC1=O. The van der Waals surface area contributed by atoms with Crippen LogP contribution >= 0.6 is 0 Å². The summed E-state index contributed by atoms with van der Waals surface area (Å²) in [5.41, 5.74) is 0. The molecule has 0 radical (unpaired) electrons. The Hall–Kier alpha value is -0.950. The first kappa shape index (κ1) is 8.15. The highest BCUT2D eigenvalue weighted by molar-refractivity contribution is 7.87. The van der Waals surface area contributed by atoms with Gasteiger partial charge < -0.3 is 0 Å². The second-order valence-electron chi connectivity index (χ2n) is 1.85. The second-order valence-corrected chi connectivity index (χ2v) is 3.65. The van der Waals surface area contributed by atoms with Gasteiger partial charge in [0.2, 0.25) is 0 Å². The number of nitrogens with one attached hydrogen (secondary N) is 1. The summed E-state index contributed by atoms with van der Waals surface area (Å²) in [6.45, 7) is -0.123. The Labute approximate surface area is 64.1 Å². The van der Waals surface area contributed by atoms with Crippen molar-refractivity contribution < 1.29 is 13.2 Å². The molecule has 1 heterocycles. The van der Waals surface area contributed by atoms with Crippen molar-refractivity contribution in [2.45, 2.75) is 0 Å². The van der Waals surface area contributed by atoms with Crippen LogP contribution in [0.5, 0.6) is 0 Å². The molecule has 0 bridgehead atoms. The lowest BCUT2D eigenvalue weighted by atomic mass is 10.7. The maximum absolute atomic E-state index is 10.9. The lowest BCUT2D eigenvalue weighted by Gasteiger charge is -2.12. The molecule has 0 saturated heterocycles. The average Bonchev–Trinajstić information content (AvgIpc) is 2.36. The highest BCUT2D eigenvalue weighted by Crippen LogP contribution is 2.01. The Morgan fingerprint density at radius 1 is 1.73 bits per heavy atom. The van der Waals surface area contributed by atoms with Crippen LogP contribution in [-0.2, 0) is 15.0 Å². The van der Waals surface area contributed by atoms with Gasteiger partial charge in [0.1, 0.15) is 6.67 Å². The van der Waals surface area contributed by atoms with Gasteiger partial charge in [-0.1, -0.05) is 0 Å². The van der Waals surface area contributed by atoms with Crippen molar-refractivity contribution in [2.24, 2.45) is 4.99 Å². The van der Waals surface area contributed by atoms with E-state index in [-0.39, 0.29) is 6.67 Å². The van der Waals surface area contributed by atoms with E-state index in [0.29, 0.717) is 4.31 Å². The van der Waals surface area contributed by atoms with Crippen molar-refractivity contribution in [3.63, 3.8) is 0 Å². The molecule has 0 saturated carbocycles. The number of carbonyl (C=O) groups excluding carboxylic acids is 1. The molecule has 1 N–H and O–H groups in total. The molecule has 0 spiro atoms. The minimum Gasteiger partial charge on any atom is -0.267 e. The molecule has 7 heteroatoms. The molecule has 0 aliphatic carbocycles. The molecule has 0 aromatic carbocycles. The van der Waals surface area contributed by atoms with E-state index in [1.807, 2.05) is 4.72 Å². The van der Waals surface area contributed by atoms with E-state index in [0.717, 1.165) is 6.21 Å². The van der Waals surface area contributed by atoms with Gasteiger partial charge in [0, 0.05) is 7.05 Å². The summed E-state index contributed by atoms with van der Waals surface area (Å²) in [5, 5.41) is 0. The monoisotopic (exact) mass is 177 g/mol. The molecular weight excluding hydrogens is 170 g/mol. The van der Waals surface area contributed by atoms with Crippen molar-refractivity contribution in [2.75, 3.05) is 13.7 Å². The molecule has 0 aromatic rings. The fraction of sp³-hybridized carbons (Fsp3) is 0.500. The summed E-state index contributed by atoms with van der Waals surface area (Å²) in [7, 11) is -2.40. The number of carbonyl (C=O) groups is 1. The van der Waals surface area contributed by atoms with Crippen LogP contribution in [-0.4, -0.2) is 38.6 Å². The van der Waals surface area contributed by atoms with Crippen LogP contribution in [0.3, 0.4) is 0 Å². The summed E-state index contributed by atoms with van der Waals surface area (Å²) in [4.78, 5) is 14.2. The molecule has 6 nitrogen and oxygen atoms in total. The summed E-state index contributed by atoms with van der Waals surface area (Å²) in [6.07, 6.45) is 0.981. The van der Waals surface area contributed by atoms with E-state index in [4.69, 9.17) is 0 Å². The van der Waals surface area contributed by atoms with Crippen LogP contribution in [0.25, 0.3) is 0 Å². The summed E-state index contributed by atoms with van der Waals surface area (Å²) < 4.78 is 24.5.